The van der Waals surface area contributed by atoms with Gasteiger partial charge in [-0.05, 0) is 62.4 Å². The molecule has 0 N–H and O–H groups in total. The zero-order valence-corrected chi connectivity index (χ0v) is 10.7. The molecule has 1 aromatic rings. The highest BCUT2D eigenvalue weighted by Crippen LogP contribution is 2.21. The number of hydrogen-bond acceptors (Lipinski definition) is 1. The largest absolute Gasteiger partial charge is 0.292 e. The molecular formula is C16H20FN. The number of rotatable bonds is 3. The lowest BCUT2D eigenvalue weighted by Crippen LogP contribution is -2.25. The van der Waals surface area contributed by atoms with Crippen molar-refractivity contribution in [3.8, 4) is 12.3 Å². The Hall–Kier alpha value is -1.33. The average molecular weight is 245 g/mol. The van der Waals surface area contributed by atoms with E-state index in [0.29, 0.717) is 5.92 Å². The van der Waals surface area contributed by atoms with E-state index in [1.807, 2.05) is 12.1 Å². The predicted octanol–water partition coefficient (Wildman–Crippen LogP) is 3.10. The fraction of sp³-hybridized carbons (Fsp3) is 0.500. The van der Waals surface area contributed by atoms with Gasteiger partial charge in [0.1, 0.15) is 5.82 Å². The third-order valence-electron chi connectivity index (χ3n) is 3.69. The first-order valence-electron chi connectivity index (χ1n) is 6.68. The summed E-state index contributed by atoms with van der Waals surface area (Å²) in [6.07, 6.45) is 10.1. The van der Waals surface area contributed by atoms with E-state index in [0.717, 1.165) is 26.1 Å². The van der Waals surface area contributed by atoms with Gasteiger partial charge in [0.2, 0.25) is 0 Å². The summed E-state index contributed by atoms with van der Waals surface area (Å²) < 4.78 is 12.8. The van der Waals surface area contributed by atoms with Crippen molar-refractivity contribution < 1.29 is 4.39 Å². The molecule has 1 heterocycles. The first kappa shape index (κ1) is 13.1. The Morgan fingerprint density at radius 3 is 2.72 bits per heavy atom. The summed E-state index contributed by atoms with van der Waals surface area (Å²) in [7, 11) is 0. The highest BCUT2D eigenvalue weighted by molar-refractivity contribution is 5.16. The lowest BCUT2D eigenvalue weighted by Gasteiger charge is -2.17. The summed E-state index contributed by atoms with van der Waals surface area (Å²) in [6.45, 7) is 2.98. The topological polar surface area (TPSA) is 3.24 Å². The molecule has 0 amide bonds. The normalized spacial score (nSPS) is 21.2. The summed E-state index contributed by atoms with van der Waals surface area (Å²) in [5.41, 5.74) is 1.24. The zero-order chi connectivity index (χ0) is 12.8. The van der Waals surface area contributed by atoms with Crippen LogP contribution >= 0.6 is 0 Å². The van der Waals surface area contributed by atoms with Crippen molar-refractivity contribution in [1.82, 2.24) is 4.90 Å². The van der Waals surface area contributed by atoms with Crippen LogP contribution in [0.4, 0.5) is 4.39 Å². The average Bonchev–Trinajstić information content (AvgIpc) is 2.59. The van der Waals surface area contributed by atoms with E-state index < -0.39 is 0 Å². The predicted molar refractivity (Wildman–Crippen MR) is 72.7 cm³/mol. The van der Waals surface area contributed by atoms with Gasteiger partial charge < -0.3 is 0 Å². The molecule has 0 aliphatic carbocycles. The van der Waals surface area contributed by atoms with Crippen molar-refractivity contribution >= 4 is 0 Å². The molecule has 0 aromatic heterocycles. The minimum Gasteiger partial charge on any atom is -0.292 e. The van der Waals surface area contributed by atoms with Gasteiger partial charge in [-0.25, -0.2) is 4.39 Å². The van der Waals surface area contributed by atoms with Crippen molar-refractivity contribution in [2.24, 2.45) is 5.92 Å². The molecule has 0 saturated carbocycles. The van der Waals surface area contributed by atoms with Crippen molar-refractivity contribution in [2.75, 3.05) is 19.6 Å². The summed E-state index contributed by atoms with van der Waals surface area (Å²) >= 11 is 0. The molecule has 1 unspecified atom stereocenters. The van der Waals surface area contributed by atoms with Crippen molar-refractivity contribution in [3.05, 3.63) is 35.6 Å². The maximum Gasteiger partial charge on any atom is 0.123 e. The SMILES string of the molecule is C#CCN1CCCC(Cc2ccc(F)cc2)CC1. The van der Waals surface area contributed by atoms with E-state index in [1.165, 1.54) is 24.8 Å². The molecular weight excluding hydrogens is 225 g/mol. The van der Waals surface area contributed by atoms with Crippen LogP contribution in [0.3, 0.4) is 0 Å². The van der Waals surface area contributed by atoms with E-state index in [-0.39, 0.29) is 5.82 Å². The lowest BCUT2D eigenvalue weighted by atomic mass is 9.93. The van der Waals surface area contributed by atoms with Gasteiger partial charge in [0.25, 0.3) is 0 Å². The van der Waals surface area contributed by atoms with Gasteiger partial charge in [0.15, 0.2) is 0 Å². The van der Waals surface area contributed by atoms with Crippen LogP contribution in [0.2, 0.25) is 0 Å². The van der Waals surface area contributed by atoms with Crippen LogP contribution in [-0.4, -0.2) is 24.5 Å². The molecule has 1 aliphatic heterocycles. The van der Waals surface area contributed by atoms with E-state index >= 15 is 0 Å². The summed E-state index contributed by atoms with van der Waals surface area (Å²) in [4.78, 5) is 2.35. The molecule has 96 valence electrons. The van der Waals surface area contributed by atoms with Gasteiger partial charge in [0, 0.05) is 0 Å². The van der Waals surface area contributed by atoms with E-state index in [2.05, 4.69) is 10.8 Å². The van der Waals surface area contributed by atoms with Gasteiger partial charge >= 0.3 is 0 Å². The number of benzene rings is 1. The fourth-order valence-corrected chi connectivity index (χ4v) is 2.67. The van der Waals surface area contributed by atoms with Crippen molar-refractivity contribution in [2.45, 2.75) is 25.7 Å². The molecule has 1 atom stereocenters. The molecule has 2 rings (SSSR count). The smallest absolute Gasteiger partial charge is 0.123 e. The lowest BCUT2D eigenvalue weighted by molar-refractivity contribution is 0.314. The Morgan fingerprint density at radius 2 is 2.00 bits per heavy atom. The van der Waals surface area contributed by atoms with Gasteiger partial charge in [-0.1, -0.05) is 18.1 Å². The number of terminal acetylenes is 1. The monoisotopic (exact) mass is 245 g/mol. The molecule has 0 bridgehead atoms. The molecule has 1 fully saturated rings. The Kier molecular flexibility index (Phi) is 4.78. The Bertz CT molecular complexity index is 404. The fourth-order valence-electron chi connectivity index (χ4n) is 2.67. The molecule has 0 radical (unpaired) electrons. The Balaban J connectivity index is 1.87. The second kappa shape index (κ2) is 6.56. The third kappa shape index (κ3) is 3.85. The van der Waals surface area contributed by atoms with Crippen LogP contribution in [-0.2, 0) is 6.42 Å². The maximum atomic E-state index is 12.8. The minimum absolute atomic E-state index is 0.153. The van der Waals surface area contributed by atoms with Crippen molar-refractivity contribution in [3.63, 3.8) is 0 Å². The number of nitrogens with zero attached hydrogens (tertiary/aromatic N) is 1. The van der Waals surface area contributed by atoms with Crippen LogP contribution in [0.25, 0.3) is 0 Å². The van der Waals surface area contributed by atoms with Gasteiger partial charge in [-0.15, -0.1) is 6.42 Å². The number of halogens is 1. The van der Waals surface area contributed by atoms with Crippen LogP contribution in [0.15, 0.2) is 24.3 Å². The molecule has 0 spiro atoms. The van der Waals surface area contributed by atoms with Gasteiger partial charge in [0.05, 0.1) is 6.54 Å². The standard InChI is InChI=1S/C16H20FN/c1-2-10-18-11-3-4-14(9-12-18)13-15-5-7-16(17)8-6-15/h1,5-8,14H,3-4,9-13H2. The zero-order valence-electron chi connectivity index (χ0n) is 10.7. The van der Waals surface area contributed by atoms with Crippen LogP contribution in [0.5, 0.6) is 0 Å². The molecule has 2 heteroatoms. The van der Waals surface area contributed by atoms with E-state index in [9.17, 15) is 4.39 Å². The van der Waals surface area contributed by atoms with Crippen LogP contribution in [0, 0.1) is 24.1 Å². The van der Waals surface area contributed by atoms with Crippen LogP contribution in [0.1, 0.15) is 24.8 Å². The molecule has 1 aliphatic rings. The first-order valence-corrected chi connectivity index (χ1v) is 6.68. The quantitative estimate of drug-likeness (QED) is 0.740. The minimum atomic E-state index is -0.153. The molecule has 1 aromatic carbocycles. The molecule has 1 nitrogen and oxygen atoms in total. The Labute approximate surface area is 109 Å². The second-order valence-corrected chi connectivity index (χ2v) is 5.11. The van der Waals surface area contributed by atoms with Gasteiger partial charge in [-0.3, -0.25) is 4.90 Å². The van der Waals surface area contributed by atoms with Crippen LogP contribution < -0.4 is 0 Å². The maximum absolute atomic E-state index is 12.8. The third-order valence-corrected chi connectivity index (χ3v) is 3.69. The second-order valence-electron chi connectivity index (χ2n) is 5.11. The highest BCUT2D eigenvalue weighted by Gasteiger charge is 2.16. The number of likely N-dealkylation sites (tertiary alicyclic amines) is 1. The molecule has 1 saturated heterocycles. The highest BCUT2D eigenvalue weighted by atomic mass is 19.1. The summed E-state index contributed by atoms with van der Waals surface area (Å²) in [6, 6.07) is 6.91. The summed E-state index contributed by atoms with van der Waals surface area (Å²) in [5.74, 6) is 3.27. The van der Waals surface area contributed by atoms with Crippen molar-refractivity contribution in [1.29, 1.82) is 0 Å². The van der Waals surface area contributed by atoms with E-state index in [4.69, 9.17) is 6.42 Å². The Morgan fingerprint density at radius 1 is 1.22 bits per heavy atom. The van der Waals surface area contributed by atoms with E-state index in [1.54, 1.807) is 12.1 Å². The number of hydrogen-bond donors (Lipinski definition) is 0. The van der Waals surface area contributed by atoms with Gasteiger partial charge in [-0.2, -0.15) is 0 Å². The molecule has 18 heavy (non-hydrogen) atoms. The first-order chi connectivity index (χ1) is 8.78. The summed E-state index contributed by atoms with van der Waals surface area (Å²) in [5, 5.41) is 0.